The molecule has 0 spiro atoms. The van der Waals surface area contributed by atoms with Crippen molar-refractivity contribution in [1.29, 1.82) is 0 Å². The molecule has 0 aliphatic heterocycles. The van der Waals surface area contributed by atoms with Crippen LogP contribution in [0.25, 0.3) is 0 Å². The van der Waals surface area contributed by atoms with Gasteiger partial charge in [-0.1, -0.05) is 0 Å². The first-order chi connectivity index (χ1) is 11.9. The van der Waals surface area contributed by atoms with Crippen LogP contribution in [0.3, 0.4) is 0 Å². The number of methoxy groups -OCH3 is 2. The Balaban J connectivity index is 2.06. The molecule has 0 saturated carbocycles. The molecular formula is C18H24N4O3. The number of nitrogens with zero attached hydrogens (tertiary/aromatic N) is 3. The van der Waals surface area contributed by atoms with Gasteiger partial charge in [0, 0.05) is 18.4 Å². The summed E-state index contributed by atoms with van der Waals surface area (Å²) in [5, 5.41) is 8.44. The largest absolute Gasteiger partial charge is 0.496 e. The maximum atomic E-state index is 12.1. The molecule has 0 aliphatic carbocycles. The lowest BCUT2D eigenvalue weighted by atomic mass is 10.1. The molecule has 1 N–H and O–H groups in total. The average molecular weight is 344 g/mol. The van der Waals surface area contributed by atoms with Crippen LogP contribution in [0.15, 0.2) is 29.4 Å². The minimum absolute atomic E-state index is 0.133. The molecule has 7 heteroatoms. The number of ether oxygens (including phenoxy) is 2. The van der Waals surface area contributed by atoms with E-state index in [1.807, 2.05) is 45.0 Å². The number of benzene rings is 1. The van der Waals surface area contributed by atoms with Crippen LogP contribution in [0.4, 0.5) is 0 Å². The zero-order chi connectivity index (χ0) is 18.4. The quantitative estimate of drug-likeness (QED) is 0.617. The molecule has 0 saturated heterocycles. The second-order valence-electron chi connectivity index (χ2n) is 5.78. The normalized spacial score (nSPS) is 11.5. The maximum Gasteiger partial charge on any atom is 0.261 e. The van der Waals surface area contributed by atoms with Crippen molar-refractivity contribution in [2.24, 2.45) is 5.10 Å². The van der Waals surface area contributed by atoms with Gasteiger partial charge in [-0.15, -0.1) is 0 Å². The fourth-order valence-corrected chi connectivity index (χ4v) is 2.49. The van der Waals surface area contributed by atoms with Gasteiger partial charge in [0.15, 0.2) is 0 Å². The van der Waals surface area contributed by atoms with Crippen LogP contribution >= 0.6 is 0 Å². The van der Waals surface area contributed by atoms with E-state index in [9.17, 15) is 4.79 Å². The summed E-state index contributed by atoms with van der Waals surface area (Å²) in [7, 11) is 3.25. The van der Waals surface area contributed by atoms with Crippen molar-refractivity contribution in [3.05, 3.63) is 46.8 Å². The molecule has 1 aromatic carbocycles. The molecule has 1 amide bonds. The van der Waals surface area contributed by atoms with E-state index in [4.69, 9.17) is 9.47 Å². The van der Waals surface area contributed by atoms with Gasteiger partial charge in [-0.2, -0.15) is 10.2 Å². The van der Waals surface area contributed by atoms with E-state index < -0.39 is 0 Å². The van der Waals surface area contributed by atoms with Gasteiger partial charge in [0.1, 0.15) is 12.3 Å². The van der Waals surface area contributed by atoms with Crippen molar-refractivity contribution in [3.63, 3.8) is 0 Å². The first-order valence-corrected chi connectivity index (χ1v) is 7.95. The van der Waals surface area contributed by atoms with E-state index in [1.165, 1.54) is 0 Å². The number of aromatic nitrogens is 2. The number of hydrazone groups is 1. The Morgan fingerprint density at radius 2 is 2.04 bits per heavy atom. The van der Waals surface area contributed by atoms with Crippen LogP contribution < -0.4 is 10.2 Å². The Bertz CT molecular complexity index is 781. The van der Waals surface area contributed by atoms with Crippen LogP contribution in [0.2, 0.25) is 0 Å². The number of hydrogen-bond donors (Lipinski definition) is 1. The number of nitrogens with one attached hydrogen (secondary N) is 1. The second kappa shape index (κ2) is 8.43. The summed E-state index contributed by atoms with van der Waals surface area (Å²) in [5.74, 6) is 0.531. The van der Waals surface area contributed by atoms with Crippen molar-refractivity contribution >= 4 is 11.6 Å². The van der Waals surface area contributed by atoms with E-state index in [2.05, 4.69) is 15.6 Å². The summed E-state index contributed by atoms with van der Waals surface area (Å²) in [6, 6.07) is 7.62. The SMILES string of the molecule is COCc1cc(/C(C)=N\NC(=O)Cn2nc(C)cc2C)ccc1OC. The molecule has 2 aromatic rings. The summed E-state index contributed by atoms with van der Waals surface area (Å²) < 4.78 is 12.1. The monoisotopic (exact) mass is 344 g/mol. The highest BCUT2D eigenvalue weighted by molar-refractivity contribution is 5.99. The minimum atomic E-state index is -0.226. The third kappa shape index (κ3) is 4.90. The highest BCUT2D eigenvalue weighted by Gasteiger charge is 2.09. The van der Waals surface area contributed by atoms with Crippen molar-refractivity contribution in [3.8, 4) is 5.75 Å². The van der Waals surface area contributed by atoms with Crippen LogP contribution in [0.5, 0.6) is 5.75 Å². The fraction of sp³-hybridized carbons (Fsp3) is 0.389. The lowest BCUT2D eigenvalue weighted by Crippen LogP contribution is -2.25. The van der Waals surface area contributed by atoms with Crippen molar-refractivity contribution < 1.29 is 14.3 Å². The number of rotatable bonds is 7. The Labute approximate surface area is 147 Å². The number of aryl methyl sites for hydroxylation is 2. The predicted octanol–water partition coefficient (Wildman–Crippen LogP) is 2.20. The standard InChI is InChI=1S/C18H24N4O3/c1-12-8-13(2)22(21-12)10-18(23)20-19-14(3)15-6-7-17(25-5)16(9-15)11-24-4/h6-9H,10-11H2,1-5H3,(H,20,23)/b19-14-. The number of hydrogen-bond acceptors (Lipinski definition) is 5. The summed E-state index contributed by atoms with van der Waals surface area (Å²) in [4.78, 5) is 12.1. The Morgan fingerprint density at radius 3 is 2.64 bits per heavy atom. The van der Waals surface area contributed by atoms with Gasteiger partial charge >= 0.3 is 0 Å². The van der Waals surface area contributed by atoms with Gasteiger partial charge in [0.25, 0.3) is 5.91 Å². The van der Waals surface area contributed by atoms with E-state index in [0.717, 1.165) is 28.3 Å². The molecule has 0 fully saturated rings. The van der Waals surface area contributed by atoms with Crippen LogP contribution in [-0.4, -0.2) is 35.6 Å². The van der Waals surface area contributed by atoms with Gasteiger partial charge in [0.2, 0.25) is 0 Å². The van der Waals surface area contributed by atoms with Crippen molar-refractivity contribution in [1.82, 2.24) is 15.2 Å². The minimum Gasteiger partial charge on any atom is -0.496 e. The highest BCUT2D eigenvalue weighted by atomic mass is 16.5. The van der Waals surface area contributed by atoms with E-state index >= 15 is 0 Å². The van der Waals surface area contributed by atoms with Gasteiger partial charge in [-0.05, 0) is 50.6 Å². The zero-order valence-electron chi connectivity index (χ0n) is 15.3. The molecule has 1 heterocycles. The number of carbonyl (C=O) groups excluding carboxylic acids is 1. The van der Waals surface area contributed by atoms with Gasteiger partial charge in [-0.25, -0.2) is 5.43 Å². The summed E-state index contributed by atoms with van der Waals surface area (Å²) in [6.45, 7) is 6.21. The van der Waals surface area contributed by atoms with Gasteiger partial charge in [-0.3, -0.25) is 9.48 Å². The molecular weight excluding hydrogens is 320 g/mol. The zero-order valence-corrected chi connectivity index (χ0v) is 15.3. The molecule has 0 bridgehead atoms. The second-order valence-corrected chi connectivity index (χ2v) is 5.78. The average Bonchev–Trinajstić information content (AvgIpc) is 2.90. The highest BCUT2D eigenvalue weighted by Crippen LogP contribution is 2.21. The van der Waals surface area contributed by atoms with Gasteiger partial charge in [0.05, 0.1) is 25.1 Å². The first-order valence-electron chi connectivity index (χ1n) is 7.95. The lowest BCUT2D eigenvalue weighted by molar-refractivity contribution is -0.121. The van der Waals surface area contributed by atoms with Crippen LogP contribution in [0.1, 0.15) is 29.4 Å². The van der Waals surface area contributed by atoms with E-state index in [0.29, 0.717) is 12.3 Å². The Hall–Kier alpha value is -2.67. The van der Waals surface area contributed by atoms with Crippen LogP contribution in [0, 0.1) is 13.8 Å². The van der Waals surface area contributed by atoms with Crippen molar-refractivity contribution in [2.75, 3.05) is 14.2 Å². The lowest BCUT2D eigenvalue weighted by Gasteiger charge is -2.10. The summed E-state index contributed by atoms with van der Waals surface area (Å²) in [6.07, 6.45) is 0. The third-order valence-corrected chi connectivity index (χ3v) is 3.74. The number of amides is 1. The Morgan fingerprint density at radius 1 is 1.28 bits per heavy atom. The molecule has 2 rings (SSSR count). The topological polar surface area (TPSA) is 77.7 Å². The Kier molecular flexibility index (Phi) is 6.30. The molecule has 25 heavy (non-hydrogen) atoms. The smallest absolute Gasteiger partial charge is 0.261 e. The van der Waals surface area contributed by atoms with Gasteiger partial charge < -0.3 is 9.47 Å². The fourth-order valence-electron chi connectivity index (χ4n) is 2.49. The molecule has 1 aromatic heterocycles. The summed E-state index contributed by atoms with van der Waals surface area (Å²) in [5.41, 5.74) is 6.90. The maximum absolute atomic E-state index is 12.1. The third-order valence-electron chi connectivity index (χ3n) is 3.74. The molecule has 134 valence electrons. The molecule has 0 unspecified atom stereocenters. The van der Waals surface area contributed by atoms with Crippen LogP contribution in [-0.2, 0) is 22.7 Å². The first kappa shape index (κ1) is 18.7. The predicted molar refractivity (Wildman–Crippen MR) is 95.8 cm³/mol. The van der Waals surface area contributed by atoms with E-state index in [1.54, 1.807) is 18.9 Å². The molecule has 0 aliphatic rings. The van der Waals surface area contributed by atoms with Crippen molar-refractivity contribution in [2.45, 2.75) is 33.9 Å². The summed E-state index contributed by atoms with van der Waals surface area (Å²) >= 11 is 0. The molecule has 7 nitrogen and oxygen atoms in total. The molecule has 0 atom stereocenters. The van der Waals surface area contributed by atoms with E-state index in [-0.39, 0.29) is 12.5 Å². The number of carbonyl (C=O) groups is 1. The molecule has 0 radical (unpaired) electrons.